The standard InChI is InChI=1S/C21H16N2O10.C15H8N2O8/c1-3-16(24)31-15-9-11(8-13(23(29)30)19(15)33-17(25)4-2)18-21(28)32-14-6-5-10(20(26)27)7-12(14)22-18;18-10-5-7(4-9(13(10)19)17(23)24)12-15(22)25-11-2-1-6(14(20)21)3-8(11)16-12/h5-9H,3-4H2,1-2H3,(H,26,27);1-5,18-19H,(H,20,21). The van der Waals surface area contributed by atoms with E-state index in [1.807, 2.05) is 0 Å². The molecule has 22 heteroatoms. The third-order valence-corrected chi connectivity index (χ3v) is 7.73. The van der Waals surface area contributed by atoms with Crippen LogP contribution >= 0.6 is 0 Å². The van der Waals surface area contributed by atoms with Gasteiger partial charge in [0, 0.05) is 36.1 Å². The van der Waals surface area contributed by atoms with E-state index in [-0.39, 0.29) is 63.0 Å². The summed E-state index contributed by atoms with van der Waals surface area (Å²) >= 11 is 0. The molecule has 58 heavy (non-hydrogen) atoms. The van der Waals surface area contributed by atoms with Gasteiger partial charge in [-0.05, 0) is 48.5 Å². The summed E-state index contributed by atoms with van der Waals surface area (Å²) in [6, 6.07) is 11.0. The van der Waals surface area contributed by atoms with Crippen molar-refractivity contribution in [2.45, 2.75) is 26.7 Å². The summed E-state index contributed by atoms with van der Waals surface area (Å²) in [5, 5.41) is 59.9. The van der Waals surface area contributed by atoms with E-state index in [9.17, 15) is 59.2 Å². The molecule has 0 saturated carbocycles. The van der Waals surface area contributed by atoms with Crippen molar-refractivity contribution in [2.75, 3.05) is 0 Å². The summed E-state index contributed by atoms with van der Waals surface area (Å²) in [5.41, 5.74) is -4.81. The van der Waals surface area contributed by atoms with Crippen molar-refractivity contribution in [3.8, 4) is 45.5 Å². The quantitative estimate of drug-likeness (QED) is 0.0467. The van der Waals surface area contributed by atoms with Crippen LogP contribution < -0.4 is 20.7 Å². The Balaban J connectivity index is 0.000000229. The number of carbonyl (C=O) groups is 4. The SMILES string of the molecule is CCC(=O)Oc1cc(-c2nc3cc(C(=O)O)ccc3oc2=O)cc([N+](=O)[O-])c1OC(=O)CC.O=C(O)c1ccc2oc(=O)c(-c3cc(O)c(O)c([N+](=O)[O-])c3)nc2c1. The van der Waals surface area contributed by atoms with Gasteiger partial charge in [0.2, 0.25) is 5.75 Å². The molecule has 0 saturated heterocycles. The number of phenolic OH excluding ortho intramolecular Hbond substituents is 2. The van der Waals surface area contributed by atoms with Crippen molar-refractivity contribution in [2.24, 2.45) is 0 Å². The van der Waals surface area contributed by atoms with Crippen LogP contribution in [0.1, 0.15) is 47.4 Å². The molecule has 0 amide bonds. The zero-order chi connectivity index (χ0) is 42.6. The summed E-state index contributed by atoms with van der Waals surface area (Å²) in [6.45, 7) is 2.95. The van der Waals surface area contributed by atoms with E-state index in [0.29, 0.717) is 0 Å². The molecule has 0 atom stereocenters. The fraction of sp³-hybridized carbons (Fsp3) is 0.111. The summed E-state index contributed by atoms with van der Waals surface area (Å²) in [6.07, 6.45) is -0.199. The maximum Gasteiger partial charge on any atom is 0.363 e. The molecule has 22 nitrogen and oxygen atoms in total. The van der Waals surface area contributed by atoms with Crippen LogP contribution in [0.5, 0.6) is 23.0 Å². The normalized spacial score (nSPS) is 10.7. The molecular formula is C36H24N4O18. The number of aromatic carboxylic acids is 2. The van der Waals surface area contributed by atoms with Gasteiger partial charge in [0.15, 0.2) is 34.1 Å². The number of benzene rings is 4. The van der Waals surface area contributed by atoms with E-state index >= 15 is 0 Å². The summed E-state index contributed by atoms with van der Waals surface area (Å²) in [5.74, 6) is -6.88. The van der Waals surface area contributed by atoms with E-state index in [1.54, 1.807) is 0 Å². The van der Waals surface area contributed by atoms with Crippen LogP contribution in [0.15, 0.2) is 79.1 Å². The van der Waals surface area contributed by atoms with Gasteiger partial charge in [-0.2, -0.15) is 0 Å². The fourth-order valence-electron chi connectivity index (χ4n) is 4.94. The molecule has 0 aliphatic heterocycles. The second-order valence-electron chi connectivity index (χ2n) is 11.5. The van der Waals surface area contributed by atoms with Gasteiger partial charge in [0.05, 0.1) is 21.0 Å². The molecule has 0 aliphatic carbocycles. The molecule has 0 radical (unpaired) electrons. The number of carbonyl (C=O) groups excluding carboxylic acids is 2. The van der Waals surface area contributed by atoms with Crippen LogP contribution in [0.2, 0.25) is 0 Å². The number of hydrogen-bond acceptors (Lipinski definition) is 18. The Morgan fingerprint density at radius 3 is 1.57 bits per heavy atom. The van der Waals surface area contributed by atoms with Crippen LogP contribution in [-0.2, 0) is 9.59 Å². The van der Waals surface area contributed by atoms with E-state index in [2.05, 4.69) is 9.97 Å². The number of phenols is 2. The van der Waals surface area contributed by atoms with Crippen LogP contribution in [0.4, 0.5) is 11.4 Å². The average molecular weight is 801 g/mol. The first-order valence-corrected chi connectivity index (χ1v) is 16.2. The molecular weight excluding hydrogens is 776 g/mol. The van der Waals surface area contributed by atoms with Gasteiger partial charge in [0.25, 0.3) is 5.75 Å². The molecule has 0 bridgehead atoms. The minimum absolute atomic E-state index is 0.000688. The van der Waals surface area contributed by atoms with Crippen LogP contribution in [-0.4, -0.2) is 64.1 Å². The lowest BCUT2D eigenvalue weighted by Gasteiger charge is -2.12. The number of carboxylic acids is 2. The molecule has 2 aromatic heterocycles. The van der Waals surface area contributed by atoms with Gasteiger partial charge in [-0.25, -0.2) is 29.1 Å². The highest BCUT2D eigenvalue weighted by molar-refractivity contribution is 5.93. The van der Waals surface area contributed by atoms with Crippen molar-refractivity contribution in [3.63, 3.8) is 0 Å². The number of carboxylic acid groups (broad SMARTS) is 2. The Hall–Kier alpha value is -8.56. The van der Waals surface area contributed by atoms with Gasteiger partial charge >= 0.3 is 46.5 Å². The third kappa shape index (κ3) is 8.54. The Bertz CT molecular complexity index is 2850. The molecule has 0 unspecified atom stereocenters. The highest BCUT2D eigenvalue weighted by atomic mass is 16.6. The Kier molecular flexibility index (Phi) is 11.5. The van der Waals surface area contributed by atoms with E-state index in [4.69, 9.17) is 28.5 Å². The summed E-state index contributed by atoms with van der Waals surface area (Å²) < 4.78 is 20.3. The van der Waals surface area contributed by atoms with E-state index < -0.39 is 85.0 Å². The Labute approximate surface area is 320 Å². The van der Waals surface area contributed by atoms with Crippen LogP contribution in [0, 0.1) is 20.2 Å². The lowest BCUT2D eigenvalue weighted by atomic mass is 10.1. The molecule has 296 valence electrons. The highest BCUT2D eigenvalue weighted by Crippen LogP contribution is 2.42. The van der Waals surface area contributed by atoms with Crippen molar-refractivity contribution in [1.29, 1.82) is 0 Å². The maximum atomic E-state index is 12.5. The van der Waals surface area contributed by atoms with Crippen molar-refractivity contribution >= 4 is 57.5 Å². The Morgan fingerprint density at radius 2 is 1.12 bits per heavy atom. The third-order valence-electron chi connectivity index (χ3n) is 7.73. The number of aromatic hydroxyl groups is 2. The lowest BCUT2D eigenvalue weighted by Crippen LogP contribution is -2.13. The van der Waals surface area contributed by atoms with Crippen LogP contribution in [0.3, 0.4) is 0 Å². The largest absolute Gasteiger partial charge is 0.504 e. The van der Waals surface area contributed by atoms with E-state index in [1.165, 1.54) is 44.2 Å². The molecule has 2 heterocycles. The van der Waals surface area contributed by atoms with Gasteiger partial charge in [-0.1, -0.05) is 13.8 Å². The molecule has 4 N–H and O–H groups in total. The number of nitro benzene ring substituents is 2. The molecule has 0 spiro atoms. The zero-order valence-electron chi connectivity index (χ0n) is 29.5. The number of esters is 2. The number of fused-ring (bicyclic) bond motifs is 2. The van der Waals surface area contributed by atoms with Crippen molar-refractivity contribution < 1.29 is 67.8 Å². The van der Waals surface area contributed by atoms with Crippen molar-refractivity contribution in [1.82, 2.24) is 9.97 Å². The molecule has 4 aromatic carbocycles. The number of nitrogens with zero attached hydrogens (tertiary/aromatic N) is 4. The zero-order valence-corrected chi connectivity index (χ0v) is 29.5. The first kappa shape index (κ1) is 40.6. The first-order valence-electron chi connectivity index (χ1n) is 16.2. The molecule has 0 aliphatic rings. The number of aromatic nitrogens is 2. The van der Waals surface area contributed by atoms with Gasteiger partial charge in [0.1, 0.15) is 11.0 Å². The minimum atomic E-state index is -1.24. The first-order chi connectivity index (χ1) is 27.4. The second-order valence-corrected chi connectivity index (χ2v) is 11.5. The molecule has 6 aromatic rings. The van der Waals surface area contributed by atoms with Gasteiger partial charge in [-0.15, -0.1) is 0 Å². The molecule has 6 rings (SSSR count). The topological polar surface area (TPSA) is 340 Å². The minimum Gasteiger partial charge on any atom is -0.504 e. The predicted octanol–water partition coefficient (Wildman–Crippen LogP) is 4.96. The number of nitro groups is 2. The predicted molar refractivity (Wildman–Crippen MR) is 194 cm³/mol. The van der Waals surface area contributed by atoms with Gasteiger partial charge < -0.3 is 38.7 Å². The fourth-order valence-corrected chi connectivity index (χ4v) is 4.94. The Morgan fingerprint density at radius 1 is 0.672 bits per heavy atom. The second kappa shape index (κ2) is 16.4. The van der Waals surface area contributed by atoms with Crippen molar-refractivity contribution in [3.05, 3.63) is 113 Å². The smallest absolute Gasteiger partial charge is 0.363 e. The maximum absolute atomic E-state index is 12.5. The number of rotatable bonds is 10. The molecule has 0 fully saturated rings. The van der Waals surface area contributed by atoms with Crippen LogP contribution in [0.25, 0.3) is 44.7 Å². The summed E-state index contributed by atoms with van der Waals surface area (Å²) in [4.78, 5) is 99.4. The average Bonchev–Trinajstić information content (AvgIpc) is 3.18. The van der Waals surface area contributed by atoms with E-state index in [0.717, 1.165) is 30.3 Å². The monoisotopic (exact) mass is 800 g/mol. The lowest BCUT2D eigenvalue weighted by molar-refractivity contribution is -0.386. The highest BCUT2D eigenvalue weighted by Gasteiger charge is 2.28. The number of hydrogen-bond donors (Lipinski definition) is 4. The van der Waals surface area contributed by atoms with Gasteiger partial charge in [-0.3, -0.25) is 29.8 Å². The number of ether oxygens (including phenoxy) is 2. The summed E-state index contributed by atoms with van der Waals surface area (Å²) in [7, 11) is 0.